The van der Waals surface area contributed by atoms with E-state index in [2.05, 4.69) is 43.9 Å². The number of hydrogen-bond donors (Lipinski definition) is 1. The number of ether oxygens (including phenoxy) is 2. The normalized spacial score (nSPS) is 26.2. The standard InChI is InChI=1S/C26H30N6O3/c1-17-7-9-19(10-8-17)26(33)27-21-15-34-24-22(16-35-23(21)24)32-25(28-29-30-32)20-6-4-5-18(13-20)14-31-11-2-3-12-31/h4-10,13,21-24H,2-3,11-12,14-16H2,1H3,(H,27,33)/t21-,22-,23+,24+/m0/s1. The molecule has 2 aromatic carbocycles. The van der Waals surface area contributed by atoms with Crippen LogP contribution in [0.2, 0.25) is 0 Å². The summed E-state index contributed by atoms with van der Waals surface area (Å²) in [5.74, 6) is 0.586. The lowest BCUT2D eigenvalue weighted by Gasteiger charge is -2.18. The van der Waals surface area contributed by atoms with E-state index >= 15 is 0 Å². The maximum atomic E-state index is 12.7. The van der Waals surface area contributed by atoms with E-state index in [-0.39, 0.29) is 30.2 Å². The monoisotopic (exact) mass is 474 g/mol. The molecule has 1 aromatic heterocycles. The SMILES string of the molecule is Cc1ccc(C(=O)N[C@H]2CO[C@H]3[C@@H]2OC[C@@H]3n2nnnc2-c2cccc(CN3CCCC3)c2)cc1. The average Bonchev–Trinajstić information content (AvgIpc) is 3.66. The molecule has 3 aliphatic rings. The molecule has 1 N–H and O–H groups in total. The second-order valence-electron chi connectivity index (χ2n) is 9.74. The van der Waals surface area contributed by atoms with E-state index in [0.717, 1.165) is 30.8 Å². The van der Waals surface area contributed by atoms with Crippen molar-refractivity contribution in [3.05, 3.63) is 65.2 Å². The van der Waals surface area contributed by atoms with E-state index in [1.807, 2.05) is 41.9 Å². The number of benzene rings is 2. The van der Waals surface area contributed by atoms with Crippen LogP contribution in [0.15, 0.2) is 48.5 Å². The van der Waals surface area contributed by atoms with E-state index in [0.29, 0.717) is 24.6 Å². The van der Waals surface area contributed by atoms with Gasteiger partial charge in [-0.15, -0.1) is 5.10 Å². The number of rotatable bonds is 6. The van der Waals surface area contributed by atoms with Crippen molar-refractivity contribution in [1.29, 1.82) is 0 Å². The first-order chi connectivity index (χ1) is 17.2. The molecule has 3 saturated heterocycles. The Morgan fingerprint density at radius 1 is 1.06 bits per heavy atom. The average molecular weight is 475 g/mol. The Labute approximate surface area is 204 Å². The highest BCUT2D eigenvalue weighted by molar-refractivity contribution is 5.94. The molecule has 182 valence electrons. The number of aryl methyl sites for hydroxylation is 1. The fourth-order valence-electron chi connectivity index (χ4n) is 5.38. The van der Waals surface area contributed by atoms with Gasteiger partial charge in [-0.3, -0.25) is 9.69 Å². The summed E-state index contributed by atoms with van der Waals surface area (Å²) in [5.41, 5.74) is 3.99. The van der Waals surface area contributed by atoms with Gasteiger partial charge in [0, 0.05) is 17.7 Å². The zero-order valence-corrected chi connectivity index (χ0v) is 19.8. The van der Waals surface area contributed by atoms with Crippen LogP contribution in [0.25, 0.3) is 11.4 Å². The highest BCUT2D eigenvalue weighted by atomic mass is 16.6. The third kappa shape index (κ3) is 4.47. The van der Waals surface area contributed by atoms with Crippen LogP contribution < -0.4 is 5.32 Å². The Morgan fingerprint density at radius 3 is 2.69 bits per heavy atom. The van der Waals surface area contributed by atoms with E-state index in [1.54, 1.807) is 0 Å². The smallest absolute Gasteiger partial charge is 0.251 e. The number of aromatic nitrogens is 4. The molecule has 0 radical (unpaired) electrons. The van der Waals surface area contributed by atoms with E-state index in [4.69, 9.17) is 9.47 Å². The number of nitrogens with zero attached hydrogens (tertiary/aromatic N) is 5. The summed E-state index contributed by atoms with van der Waals surface area (Å²) in [4.78, 5) is 15.2. The molecule has 4 heterocycles. The Morgan fingerprint density at radius 2 is 1.86 bits per heavy atom. The van der Waals surface area contributed by atoms with Crippen LogP contribution in [-0.4, -0.2) is 75.6 Å². The van der Waals surface area contributed by atoms with Crippen molar-refractivity contribution >= 4 is 5.91 Å². The molecule has 0 spiro atoms. The highest BCUT2D eigenvalue weighted by Gasteiger charge is 2.50. The topological polar surface area (TPSA) is 94.4 Å². The van der Waals surface area contributed by atoms with Crippen LogP contribution in [0.5, 0.6) is 0 Å². The molecule has 4 atom stereocenters. The maximum absolute atomic E-state index is 12.7. The third-order valence-corrected chi connectivity index (χ3v) is 7.25. The Balaban J connectivity index is 1.16. The van der Waals surface area contributed by atoms with Gasteiger partial charge in [0.25, 0.3) is 5.91 Å². The lowest BCUT2D eigenvalue weighted by molar-refractivity contribution is 0.0615. The summed E-state index contributed by atoms with van der Waals surface area (Å²) >= 11 is 0. The fraction of sp³-hybridized carbons (Fsp3) is 0.462. The van der Waals surface area contributed by atoms with Gasteiger partial charge in [0.2, 0.25) is 0 Å². The maximum Gasteiger partial charge on any atom is 0.251 e. The number of hydrogen-bond acceptors (Lipinski definition) is 7. The molecule has 9 heteroatoms. The van der Waals surface area contributed by atoms with Crippen LogP contribution in [0.3, 0.4) is 0 Å². The van der Waals surface area contributed by atoms with Gasteiger partial charge in [0.15, 0.2) is 5.82 Å². The van der Waals surface area contributed by atoms with Crippen molar-refractivity contribution in [3.8, 4) is 11.4 Å². The lowest BCUT2D eigenvalue weighted by Crippen LogP contribution is -2.44. The number of tetrazole rings is 1. The second kappa shape index (κ2) is 9.49. The van der Waals surface area contributed by atoms with Gasteiger partial charge in [-0.05, 0) is 67.0 Å². The largest absolute Gasteiger partial charge is 0.371 e. The van der Waals surface area contributed by atoms with Crippen LogP contribution in [0.4, 0.5) is 0 Å². The zero-order chi connectivity index (χ0) is 23.8. The number of likely N-dealkylation sites (tertiary alicyclic amines) is 1. The highest BCUT2D eigenvalue weighted by Crippen LogP contribution is 2.36. The van der Waals surface area contributed by atoms with Crippen molar-refractivity contribution in [2.24, 2.45) is 0 Å². The first-order valence-corrected chi connectivity index (χ1v) is 12.4. The van der Waals surface area contributed by atoms with Crippen LogP contribution in [0, 0.1) is 6.92 Å². The molecule has 0 saturated carbocycles. The minimum atomic E-state index is -0.243. The molecule has 35 heavy (non-hydrogen) atoms. The number of fused-ring (bicyclic) bond motifs is 1. The predicted molar refractivity (Wildman–Crippen MR) is 129 cm³/mol. The van der Waals surface area contributed by atoms with E-state index in [1.165, 1.54) is 18.4 Å². The molecule has 3 aromatic rings. The van der Waals surface area contributed by atoms with E-state index in [9.17, 15) is 4.79 Å². The third-order valence-electron chi connectivity index (χ3n) is 7.25. The predicted octanol–water partition coefficient (Wildman–Crippen LogP) is 2.38. The molecule has 3 aliphatic heterocycles. The quantitative estimate of drug-likeness (QED) is 0.586. The van der Waals surface area contributed by atoms with Gasteiger partial charge in [0.1, 0.15) is 18.2 Å². The summed E-state index contributed by atoms with van der Waals surface area (Å²) in [6.45, 7) is 6.08. The molecule has 0 aliphatic carbocycles. The van der Waals surface area contributed by atoms with Gasteiger partial charge in [-0.2, -0.15) is 0 Å². The first-order valence-electron chi connectivity index (χ1n) is 12.4. The number of amides is 1. The van der Waals surface area contributed by atoms with Gasteiger partial charge >= 0.3 is 0 Å². The number of carbonyl (C=O) groups is 1. The summed E-state index contributed by atoms with van der Waals surface area (Å²) in [6, 6.07) is 15.6. The molecule has 3 fully saturated rings. The zero-order valence-electron chi connectivity index (χ0n) is 19.8. The lowest BCUT2D eigenvalue weighted by atomic mass is 10.0. The summed E-state index contributed by atoms with van der Waals surface area (Å²) in [6.07, 6.45) is 2.07. The van der Waals surface area contributed by atoms with Crippen molar-refractivity contribution < 1.29 is 14.3 Å². The Hall–Kier alpha value is -3.14. The van der Waals surface area contributed by atoms with Crippen molar-refractivity contribution in [2.45, 2.75) is 50.6 Å². The van der Waals surface area contributed by atoms with Crippen molar-refractivity contribution in [1.82, 2.24) is 30.4 Å². The van der Waals surface area contributed by atoms with E-state index < -0.39 is 0 Å². The summed E-state index contributed by atoms with van der Waals surface area (Å²) < 4.78 is 14.1. The fourth-order valence-corrected chi connectivity index (χ4v) is 5.38. The van der Waals surface area contributed by atoms with Gasteiger partial charge in [-0.25, -0.2) is 4.68 Å². The van der Waals surface area contributed by atoms with Gasteiger partial charge in [-0.1, -0.05) is 35.9 Å². The number of carbonyl (C=O) groups excluding carboxylic acids is 1. The molecule has 6 rings (SSSR count). The van der Waals surface area contributed by atoms with Crippen molar-refractivity contribution in [2.75, 3.05) is 26.3 Å². The Bertz CT molecular complexity index is 1190. The molecule has 0 unspecified atom stereocenters. The molecular weight excluding hydrogens is 444 g/mol. The second-order valence-corrected chi connectivity index (χ2v) is 9.74. The molecule has 1 amide bonds. The molecule has 9 nitrogen and oxygen atoms in total. The van der Waals surface area contributed by atoms with Crippen molar-refractivity contribution in [3.63, 3.8) is 0 Å². The Kier molecular flexibility index (Phi) is 6.05. The summed E-state index contributed by atoms with van der Waals surface area (Å²) in [7, 11) is 0. The number of nitrogens with one attached hydrogen (secondary N) is 1. The minimum absolute atomic E-state index is 0.121. The molecular formula is C26H30N6O3. The van der Waals surface area contributed by atoms with Gasteiger partial charge < -0.3 is 14.8 Å². The first kappa shape index (κ1) is 22.3. The minimum Gasteiger partial charge on any atom is -0.371 e. The van der Waals surface area contributed by atoms with Crippen LogP contribution in [0.1, 0.15) is 40.4 Å². The van der Waals surface area contributed by atoms with Crippen LogP contribution >= 0.6 is 0 Å². The molecule has 0 bridgehead atoms. The summed E-state index contributed by atoms with van der Waals surface area (Å²) in [5, 5.41) is 15.7. The van der Waals surface area contributed by atoms with Crippen LogP contribution in [-0.2, 0) is 16.0 Å². The van der Waals surface area contributed by atoms with Gasteiger partial charge in [0.05, 0.1) is 19.3 Å².